The van der Waals surface area contributed by atoms with E-state index in [0.717, 1.165) is 39.1 Å². The zero-order chi connectivity index (χ0) is 18.5. The van der Waals surface area contributed by atoms with Crippen molar-refractivity contribution in [2.75, 3.05) is 39.5 Å². The van der Waals surface area contributed by atoms with E-state index in [1.807, 2.05) is 0 Å². The molecule has 0 saturated carbocycles. The smallest absolute Gasteiger partial charge is 0.257 e. The van der Waals surface area contributed by atoms with Crippen molar-refractivity contribution in [1.29, 1.82) is 0 Å². The molecule has 0 N–H and O–H groups in total. The Morgan fingerprint density at radius 1 is 1.30 bits per heavy atom. The number of hydrogen-bond acceptors (Lipinski definition) is 7. The highest BCUT2D eigenvalue weighted by Crippen LogP contribution is 2.27. The van der Waals surface area contributed by atoms with Gasteiger partial charge in [0.2, 0.25) is 5.89 Å². The van der Waals surface area contributed by atoms with Gasteiger partial charge in [-0.25, -0.2) is 0 Å². The standard InChI is InChI=1S/C19H25N3O5/c23-19(16-4-9-26-13-16)22-6-1-15(11-22)18-20-17(21-27-18)5-10-25-12-14-2-7-24-8-3-14/h4,9,13-15H,1-3,5-8,10-12H2. The molecule has 0 aliphatic carbocycles. The highest BCUT2D eigenvalue weighted by molar-refractivity contribution is 5.94. The zero-order valence-electron chi connectivity index (χ0n) is 15.3. The summed E-state index contributed by atoms with van der Waals surface area (Å²) in [6.45, 7) is 4.30. The summed E-state index contributed by atoms with van der Waals surface area (Å²) in [6, 6.07) is 1.68. The molecular weight excluding hydrogens is 350 g/mol. The first kappa shape index (κ1) is 18.2. The Balaban J connectivity index is 1.21. The number of likely N-dealkylation sites (tertiary alicyclic amines) is 1. The first-order valence-electron chi connectivity index (χ1n) is 9.59. The Hall–Kier alpha value is -2.19. The number of nitrogens with zero attached hydrogens (tertiary/aromatic N) is 3. The topological polar surface area (TPSA) is 90.8 Å². The molecule has 8 nitrogen and oxygen atoms in total. The van der Waals surface area contributed by atoms with Crippen molar-refractivity contribution < 1.29 is 23.2 Å². The molecule has 8 heteroatoms. The van der Waals surface area contributed by atoms with Gasteiger partial charge >= 0.3 is 0 Å². The molecule has 2 fully saturated rings. The second kappa shape index (κ2) is 8.67. The summed E-state index contributed by atoms with van der Waals surface area (Å²) in [5, 5.41) is 4.06. The minimum Gasteiger partial charge on any atom is -0.472 e. The van der Waals surface area contributed by atoms with E-state index in [1.165, 1.54) is 12.5 Å². The van der Waals surface area contributed by atoms with Crippen LogP contribution in [0.15, 0.2) is 27.5 Å². The van der Waals surface area contributed by atoms with Crippen molar-refractivity contribution in [2.24, 2.45) is 5.92 Å². The van der Waals surface area contributed by atoms with Gasteiger partial charge in [0.05, 0.1) is 24.4 Å². The monoisotopic (exact) mass is 375 g/mol. The lowest BCUT2D eigenvalue weighted by Gasteiger charge is -2.21. The van der Waals surface area contributed by atoms with Crippen molar-refractivity contribution in [1.82, 2.24) is 15.0 Å². The molecule has 2 aromatic rings. The van der Waals surface area contributed by atoms with Crippen molar-refractivity contribution in [3.63, 3.8) is 0 Å². The SMILES string of the molecule is O=C(c1ccoc1)N1CCC(c2nc(CCOCC3CCOCC3)no2)C1. The number of hydrogen-bond donors (Lipinski definition) is 0. The molecule has 2 aliphatic heterocycles. The van der Waals surface area contributed by atoms with Gasteiger partial charge in [0.25, 0.3) is 5.91 Å². The van der Waals surface area contributed by atoms with Gasteiger partial charge in [0.1, 0.15) is 6.26 Å². The Morgan fingerprint density at radius 3 is 3.00 bits per heavy atom. The normalized spacial score (nSPS) is 21.0. The van der Waals surface area contributed by atoms with Gasteiger partial charge in [-0.15, -0.1) is 0 Å². The quantitative estimate of drug-likeness (QED) is 0.686. The van der Waals surface area contributed by atoms with Crippen LogP contribution in [0, 0.1) is 5.92 Å². The van der Waals surface area contributed by atoms with E-state index in [-0.39, 0.29) is 11.8 Å². The van der Waals surface area contributed by atoms with Crippen LogP contribution < -0.4 is 0 Å². The molecule has 4 heterocycles. The molecule has 27 heavy (non-hydrogen) atoms. The minimum absolute atomic E-state index is 0.0208. The summed E-state index contributed by atoms with van der Waals surface area (Å²) >= 11 is 0. The van der Waals surface area contributed by atoms with E-state index < -0.39 is 0 Å². The van der Waals surface area contributed by atoms with Gasteiger partial charge in [-0.3, -0.25) is 4.79 Å². The number of rotatable bonds is 7. The van der Waals surface area contributed by atoms with E-state index in [2.05, 4.69) is 10.1 Å². The van der Waals surface area contributed by atoms with Crippen LogP contribution in [0.25, 0.3) is 0 Å². The molecular formula is C19H25N3O5. The third-order valence-corrected chi connectivity index (χ3v) is 5.24. The first-order chi connectivity index (χ1) is 13.3. The van der Waals surface area contributed by atoms with E-state index in [4.69, 9.17) is 18.4 Å². The van der Waals surface area contributed by atoms with Gasteiger partial charge in [-0.2, -0.15) is 4.98 Å². The molecule has 146 valence electrons. The minimum atomic E-state index is -0.0208. The van der Waals surface area contributed by atoms with Gasteiger partial charge in [0, 0.05) is 39.3 Å². The second-order valence-electron chi connectivity index (χ2n) is 7.18. The highest BCUT2D eigenvalue weighted by atomic mass is 16.5. The summed E-state index contributed by atoms with van der Waals surface area (Å²) in [4.78, 5) is 18.7. The Bertz CT molecular complexity index is 724. The number of furan rings is 1. The molecule has 4 rings (SSSR count). The molecule has 2 aliphatic rings. The van der Waals surface area contributed by atoms with Crippen LogP contribution in [-0.2, 0) is 15.9 Å². The Labute approximate surface area is 157 Å². The third kappa shape index (κ3) is 4.56. The second-order valence-corrected chi connectivity index (χ2v) is 7.18. The van der Waals surface area contributed by atoms with Crippen LogP contribution in [0.3, 0.4) is 0 Å². The molecule has 0 aromatic carbocycles. The largest absolute Gasteiger partial charge is 0.472 e. The number of amides is 1. The van der Waals surface area contributed by atoms with Crippen LogP contribution in [-0.4, -0.2) is 60.5 Å². The van der Waals surface area contributed by atoms with Crippen LogP contribution in [0.1, 0.15) is 47.3 Å². The number of ether oxygens (including phenoxy) is 2. The molecule has 1 atom stereocenters. The van der Waals surface area contributed by atoms with Gasteiger partial charge in [-0.1, -0.05) is 5.16 Å². The predicted molar refractivity (Wildman–Crippen MR) is 94.3 cm³/mol. The fourth-order valence-corrected chi connectivity index (χ4v) is 3.58. The molecule has 2 aromatic heterocycles. The summed E-state index contributed by atoms with van der Waals surface area (Å²) in [5.74, 6) is 1.93. The fourth-order valence-electron chi connectivity index (χ4n) is 3.58. The molecule has 0 bridgehead atoms. The summed E-state index contributed by atoms with van der Waals surface area (Å²) < 4.78 is 21.5. The fraction of sp³-hybridized carbons (Fsp3) is 0.632. The van der Waals surface area contributed by atoms with Crippen LogP contribution in [0.4, 0.5) is 0 Å². The number of aromatic nitrogens is 2. The lowest BCUT2D eigenvalue weighted by atomic mass is 10.0. The number of carbonyl (C=O) groups excluding carboxylic acids is 1. The molecule has 1 amide bonds. The lowest BCUT2D eigenvalue weighted by molar-refractivity contribution is 0.0211. The van der Waals surface area contributed by atoms with E-state index >= 15 is 0 Å². The summed E-state index contributed by atoms with van der Waals surface area (Å²) in [7, 11) is 0. The maximum absolute atomic E-state index is 12.4. The molecule has 0 radical (unpaired) electrons. The first-order valence-corrected chi connectivity index (χ1v) is 9.59. The summed E-state index contributed by atoms with van der Waals surface area (Å²) in [5.41, 5.74) is 0.573. The Kier molecular flexibility index (Phi) is 5.84. The zero-order valence-corrected chi connectivity index (χ0v) is 15.3. The molecule has 0 spiro atoms. The highest BCUT2D eigenvalue weighted by Gasteiger charge is 2.31. The van der Waals surface area contributed by atoms with Crippen molar-refractivity contribution in [3.05, 3.63) is 35.9 Å². The molecule has 1 unspecified atom stereocenters. The number of carbonyl (C=O) groups is 1. The third-order valence-electron chi connectivity index (χ3n) is 5.24. The molecule has 2 saturated heterocycles. The average molecular weight is 375 g/mol. The van der Waals surface area contributed by atoms with E-state index in [0.29, 0.717) is 49.3 Å². The van der Waals surface area contributed by atoms with Crippen LogP contribution >= 0.6 is 0 Å². The lowest BCUT2D eigenvalue weighted by Crippen LogP contribution is -2.28. The van der Waals surface area contributed by atoms with Crippen molar-refractivity contribution >= 4 is 5.91 Å². The summed E-state index contributed by atoms with van der Waals surface area (Å²) in [6.07, 6.45) is 6.59. The maximum atomic E-state index is 12.4. The van der Waals surface area contributed by atoms with Gasteiger partial charge in [-0.05, 0) is 31.2 Å². The van der Waals surface area contributed by atoms with Gasteiger partial charge in [0.15, 0.2) is 5.82 Å². The van der Waals surface area contributed by atoms with Crippen LogP contribution in [0.2, 0.25) is 0 Å². The van der Waals surface area contributed by atoms with E-state index in [9.17, 15) is 4.79 Å². The predicted octanol–water partition coefficient (Wildman–Crippen LogP) is 2.28. The average Bonchev–Trinajstić information content (AvgIpc) is 3.47. The van der Waals surface area contributed by atoms with Gasteiger partial charge < -0.3 is 23.3 Å². The van der Waals surface area contributed by atoms with E-state index in [1.54, 1.807) is 11.0 Å². The van der Waals surface area contributed by atoms with Crippen molar-refractivity contribution in [3.8, 4) is 0 Å². The van der Waals surface area contributed by atoms with Crippen molar-refractivity contribution in [2.45, 2.75) is 31.6 Å². The van der Waals surface area contributed by atoms with Crippen LogP contribution in [0.5, 0.6) is 0 Å². The Morgan fingerprint density at radius 2 is 2.19 bits per heavy atom. The maximum Gasteiger partial charge on any atom is 0.257 e.